The second-order valence-corrected chi connectivity index (χ2v) is 4.79. The lowest BCUT2D eigenvalue weighted by Gasteiger charge is -2.18. The molecule has 0 fully saturated rings. The minimum absolute atomic E-state index is 0.0860. The van der Waals surface area contributed by atoms with Crippen LogP contribution in [0, 0.1) is 0 Å². The summed E-state index contributed by atoms with van der Waals surface area (Å²) >= 11 is 0. The predicted octanol–water partition coefficient (Wildman–Crippen LogP) is 0.591. The zero-order valence-electron chi connectivity index (χ0n) is 12.9. The Kier molecular flexibility index (Phi) is 8.87. The number of carbonyl (C=O) groups is 2. The summed E-state index contributed by atoms with van der Waals surface area (Å²) in [7, 11) is 0. The summed E-state index contributed by atoms with van der Waals surface area (Å²) in [6, 6.07) is 0. The lowest BCUT2D eigenvalue weighted by Crippen LogP contribution is -2.27. The van der Waals surface area contributed by atoms with E-state index in [1.165, 1.54) is 12.2 Å². The smallest absolute Gasteiger partial charge is 0.332 e. The lowest BCUT2D eigenvalue weighted by molar-refractivity contribution is -0.147. The number of carbonyl (C=O) groups excluding carboxylic acids is 2. The molecule has 0 amide bonds. The molecule has 0 heterocycles. The van der Waals surface area contributed by atoms with E-state index >= 15 is 0 Å². The Morgan fingerprint density at radius 3 is 1.52 bits per heavy atom. The van der Waals surface area contributed by atoms with Crippen LogP contribution in [0.25, 0.3) is 0 Å². The van der Waals surface area contributed by atoms with Gasteiger partial charge in [-0.2, -0.15) is 0 Å². The van der Waals surface area contributed by atoms with E-state index in [9.17, 15) is 9.59 Å². The maximum atomic E-state index is 11.2. The average Bonchev–Trinajstić information content (AvgIpc) is 2.32. The first kappa shape index (κ1) is 19.0. The van der Waals surface area contributed by atoms with Gasteiger partial charge < -0.3 is 25.7 Å². The first-order valence-corrected chi connectivity index (χ1v) is 6.57. The molecular formula is C14H24N2O5. The molecule has 7 nitrogen and oxygen atoms in total. The number of rotatable bonds is 8. The van der Waals surface area contributed by atoms with Crippen LogP contribution in [0.3, 0.4) is 0 Å². The molecule has 0 saturated heterocycles. The van der Waals surface area contributed by atoms with E-state index in [1.54, 1.807) is 27.7 Å². The molecule has 0 rings (SSSR count). The van der Waals surface area contributed by atoms with Crippen molar-refractivity contribution in [3.05, 3.63) is 23.5 Å². The Morgan fingerprint density at radius 2 is 1.24 bits per heavy atom. The van der Waals surface area contributed by atoms with Crippen LogP contribution in [0.15, 0.2) is 23.5 Å². The van der Waals surface area contributed by atoms with Gasteiger partial charge in [-0.1, -0.05) is 0 Å². The molecule has 0 aliphatic carbocycles. The molecule has 120 valence electrons. The molecule has 7 heteroatoms. The van der Waals surface area contributed by atoms with E-state index in [-0.39, 0.29) is 25.4 Å². The summed E-state index contributed by atoms with van der Waals surface area (Å²) in [5, 5.41) is 0. The first-order chi connectivity index (χ1) is 9.70. The van der Waals surface area contributed by atoms with Gasteiger partial charge in [0.15, 0.2) is 0 Å². The molecule has 0 spiro atoms. The zero-order valence-corrected chi connectivity index (χ0v) is 12.9. The van der Waals surface area contributed by atoms with Gasteiger partial charge in [-0.25, -0.2) is 9.59 Å². The standard InChI is InChI=1S/C14H24N2O5/c1-9(15)5-13(17)19-7-11(3)21-12(4)8-20-14(18)6-10(2)16/h5-6,11-12H,7-8,15-16H2,1-4H3/b9-5-,10-6-. The number of hydrogen-bond acceptors (Lipinski definition) is 7. The fourth-order valence-corrected chi connectivity index (χ4v) is 1.33. The summed E-state index contributed by atoms with van der Waals surface area (Å²) < 4.78 is 15.4. The monoisotopic (exact) mass is 300 g/mol. The molecule has 21 heavy (non-hydrogen) atoms. The van der Waals surface area contributed by atoms with E-state index in [2.05, 4.69) is 0 Å². The van der Waals surface area contributed by atoms with Gasteiger partial charge in [0.25, 0.3) is 0 Å². The van der Waals surface area contributed by atoms with Crippen LogP contribution in [0.5, 0.6) is 0 Å². The van der Waals surface area contributed by atoms with E-state index in [1.807, 2.05) is 0 Å². The summed E-state index contributed by atoms with van der Waals surface area (Å²) in [5.41, 5.74) is 11.4. The maximum Gasteiger partial charge on any atom is 0.332 e. The molecule has 0 aromatic heterocycles. The summed E-state index contributed by atoms with van der Waals surface area (Å²) in [6.07, 6.45) is 1.72. The lowest BCUT2D eigenvalue weighted by atomic mass is 10.3. The molecule has 2 atom stereocenters. The van der Waals surface area contributed by atoms with E-state index in [4.69, 9.17) is 25.7 Å². The maximum absolute atomic E-state index is 11.2. The molecule has 4 N–H and O–H groups in total. The van der Waals surface area contributed by atoms with Crippen molar-refractivity contribution in [2.75, 3.05) is 13.2 Å². The highest BCUT2D eigenvalue weighted by molar-refractivity contribution is 5.82. The van der Waals surface area contributed by atoms with Crippen LogP contribution < -0.4 is 11.5 Å². The normalized spacial score (nSPS) is 15.2. The van der Waals surface area contributed by atoms with E-state index in [0.717, 1.165) is 0 Å². The fourth-order valence-electron chi connectivity index (χ4n) is 1.33. The molecule has 0 bridgehead atoms. The van der Waals surface area contributed by atoms with Crippen molar-refractivity contribution in [3.8, 4) is 0 Å². The Hall–Kier alpha value is -2.02. The highest BCUT2D eigenvalue weighted by Gasteiger charge is 2.12. The average molecular weight is 300 g/mol. The Morgan fingerprint density at radius 1 is 0.905 bits per heavy atom. The molecule has 0 aromatic carbocycles. The zero-order chi connectivity index (χ0) is 16.4. The van der Waals surface area contributed by atoms with Crippen LogP contribution >= 0.6 is 0 Å². The minimum Gasteiger partial charge on any atom is -0.460 e. The first-order valence-electron chi connectivity index (χ1n) is 6.57. The Bertz CT molecular complexity index is 372. The topological polar surface area (TPSA) is 114 Å². The third kappa shape index (κ3) is 11.5. The Labute approximate surface area is 124 Å². The van der Waals surface area contributed by atoms with Gasteiger partial charge in [-0.05, 0) is 27.7 Å². The largest absolute Gasteiger partial charge is 0.460 e. The van der Waals surface area contributed by atoms with Gasteiger partial charge >= 0.3 is 11.9 Å². The van der Waals surface area contributed by atoms with Crippen LogP contribution in [0.1, 0.15) is 27.7 Å². The second-order valence-electron chi connectivity index (χ2n) is 4.79. The van der Waals surface area contributed by atoms with Crippen LogP contribution in [-0.4, -0.2) is 37.4 Å². The Balaban J connectivity index is 3.97. The number of allylic oxidation sites excluding steroid dienone is 2. The predicted molar refractivity (Wildman–Crippen MR) is 77.8 cm³/mol. The van der Waals surface area contributed by atoms with Crippen molar-refractivity contribution in [1.82, 2.24) is 0 Å². The summed E-state index contributed by atoms with van der Waals surface area (Å²) in [6.45, 7) is 6.85. The minimum atomic E-state index is -0.520. The van der Waals surface area contributed by atoms with E-state index in [0.29, 0.717) is 11.4 Å². The van der Waals surface area contributed by atoms with Gasteiger partial charge in [0.05, 0.1) is 12.2 Å². The van der Waals surface area contributed by atoms with Gasteiger partial charge in [0.1, 0.15) is 13.2 Å². The SMILES string of the molecule is C/C(N)=C/C(=O)OCC(C)OC(C)COC(=O)/C=C(/C)N. The van der Waals surface area contributed by atoms with E-state index < -0.39 is 11.9 Å². The molecule has 0 aliphatic heterocycles. The second kappa shape index (κ2) is 9.82. The molecule has 0 saturated carbocycles. The van der Waals surface area contributed by atoms with Gasteiger partial charge in [-0.3, -0.25) is 0 Å². The summed E-state index contributed by atoms with van der Waals surface area (Å²) in [4.78, 5) is 22.5. The van der Waals surface area contributed by atoms with Crippen molar-refractivity contribution < 1.29 is 23.8 Å². The van der Waals surface area contributed by atoms with Gasteiger partial charge in [0, 0.05) is 23.5 Å². The molecule has 0 aliphatic rings. The van der Waals surface area contributed by atoms with Crippen molar-refractivity contribution >= 4 is 11.9 Å². The van der Waals surface area contributed by atoms with Crippen molar-refractivity contribution in [1.29, 1.82) is 0 Å². The van der Waals surface area contributed by atoms with Crippen molar-refractivity contribution in [2.24, 2.45) is 11.5 Å². The molecule has 0 aromatic rings. The van der Waals surface area contributed by atoms with Crippen molar-refractivity contribution in [2.45, 2.75) is 39.9 Å². The summed E-state index contributed by atoms with van der Waals surface area (Å²) in [5.74, 6) is -1.04. The number of ether oxygens (including phenoxy) is 3. The van der Waals surface area contributed by atoms with Crippen molar-refractivity contribution in [3.63, 3.8) is 0 Å². The number of hydrogen-bond donors (Lipinski definition) is 2. The van der Waals surface area contributed by atoms with Crippen LogP contribution in [0.2, 0.25) is 0 Å². The van der Waals surface area contributed by atoms with Gasteiger partial charge in [-0.15, -0.1) is 0 Å². The molecular weight excluding hydrogens is 276 g/mol. The molecule has 2 unspecified atom stereocenters. The molecule has 0 radical (unpaired) electrons. The highest BCUT2D eigenvalue weighted by Crippen LogP contribution is 2.01. The number of nitrogens with two attached hydrogens (primary N) is 2. The third-order valence-corrected chi connectivity index (χ3v) is 2.08. The third-order valence-electron chi connectivity index (χ3n) is 2.08. The number of esters is 2. The quantitative estimate of drug-likeness (QED) is 0.498. The van der Waals surface area contributed by atoms with Crippen LogP contribution in [-0.2, 0) is 23.8 Å². The van der Waals surface area contributed by atoms with Gasteiger partial charge in [0.2, 0.25) is 0 Å². The highest BCUT2D eigenvalue weighted by atomic mass is 16.6. The fraction of sp³-hybridized carbons (Fsp3) is 0.571. The van der Waals surface area contributed by atoms with Crippen LogP contribution in [0.4, 0.5) is 0 Å².